The zero-order valence-electron chi connectivity index (χ0n) is 15.8. The Bertz CT molecular complexity index is 928. The summed E-state index contributed by atoms with van der Waals surface area (Å²) in [4.78, 5) is 21.8. The van der Waals surface area contributed by atoms with Crippen LogP contribution >= 0.6 is 0 Å². The number of anilines is 2. The van der Waals surface area contributed by atoms with E-state index in [1.807, 2.05) is 4.90 Å². The molecule has 0 radical (unpaired) electrons. The van der Waals surface area contributed by atoms with E-state index in [0.29, 0.717) is 44.4 Å². The number of carbonyl (C=O) groups is 1. The van der Waals surface area contributed by atoms with Gasteiger partial charge >= 0.3 is 0 Å². The Kier molecular flexibility index (Phi) is 6.10. The molecule has 2 aromatic rings. The van der Waals surface area contributed by atoms with Gasteiger partial charge < -0.3 is 15.0 Å². The molecule has 1 aliphatic heterocycles. The van der Waals surface area contributed by atoms with Crippen LogP contribution in [0.3, 0.4) is 0 Å². The number of benzene rings is 1. The molecule has 0 unspecified atom stereocenters. The number of piperazine rings is 1. The number of hydrogen-bond acceptors (Lipinski definition) is 7. The Labute approximate surface area is 164 Å². The van der Waals surface area contributed by atoms with E-state index >= 15 is 0 Å². The SMILES string of the molecule is CCOc1ccc(NC(C)=O)cc1S(=O)(=O)N1CCN(c2ncccn2)CC1. The molecule has 0 saturated carbocycles. The van der Waals surface area contributed by atoms with Crippen LogP contribution in [0.4, 0.5) is 11.6 Å². The molecule has 1 N–H and O–H groups in total. The Morgan fingerprint density at radius 2 is 1.86 bits per heavy atom. The molecule has 150 valence electrons. The lowest BCUT2D eigenvalue weighted by molar-refractivity contribution is -0.114. The Morgan fingerprint density at radius 3 is 2.46 bits per heavy atom. The highest BCUT2D eigenvalue weighted by Gasteiger charge is 2.32. The Morgan fingerprint density at radius 1 is 1.18 bits per heavy atom. The van der Waals surface area contributed by atoms with Crippen LogP contribution in [0.1, 0.15) is 13.8 Å². The van der Waals surface area contributed by atoms with Crippen molar-refractivity contribution in [1.29, 1.82) is 0 Å². The molecule has 9 nitrogen and oxygen atoms in total. The van der Waals surface area contributed by atoms with Gasteiger partial charge in [-0.05, 0) is 31.2 Å². The van der Waals surface area contributed by atoms with E-state index in [2.05, 4.69) is 15.3 Å². The standard InChI is InChI=1S/C18H23N5O4S/c1-3-27-16-6-5-15(21-14(2)24)13-17(16)28(25,26)23-11-9-22(10-12-23)18-19-7-4-8-20-18/h4-8,13H,3,9-12H2,1-2H3,(H,21,24). The average Bonchev–Trinajstić information content (AvgIpc) is 2.69. The fraction of sp³-hybridized carbons (Fsp3) is 0.389. The smallest absolute Gasteiger partial charge is 0.246 e. The molecule has 0 aliphatic carbocycles. The molecular weight excluding hydrogens is 382 g/mol. The van der Waals surface area contributed by atoms with Crippen LogP contribution in [0, 0.1) is 0 Å². The van der Waals surface area contributed by atoms with Crippen molar-refractivity contribution in [2.75, 3.05) is 43.0 Å². The van der Waals surface area contributed by atoms with Crippen molar-refractivity contribution in [3.8, 4) is 5.75 Å². The number of nitrogens with zero attached hydrogens (tertiary/aromatic N) is 4. The summed E-state index contributed by atoms with van der Waals surface area (Å²) < 4.78 is 33.4. The molecule has 1 aliphatic rings. The van der Waals surface area contributed by atoms with Gasteiger partial charge in [0, 0.05) is 51.2 Å². The van der Waals surface area contributed by atoms with Crippen molar-refractivity contribution < 1.29 is 17.9 Å². The molecule has 1 amide bonds. The molecule has 0 bridgehead atoms. The minimum atomic E-state index is -3.79. The summed E-state index contributed by atoms with van der Waals surface area (Å²) in [5.74, 6) is 0.580. The van der Waals surface area contributed by atoms with Crippen molar-refractivity contribution in [1.82, 2.24) is 14.3 Å². The zero-order valence-corrected chi connectivity index (χ0v) is 16.6. The van der Waals surface area contributed by atoms with Crippen molar-refractivity contribution in [3.05, 3.63) is 36.7 Å². The maximum Gasteiger partial charge on any atom is 0.246 e. The summed E-state index contributed by atoms with van der Waals surface area (Å²) in [7, 11) is -3.79. The second kappa shape index (κ2) is 8.53. The summed E-state index contributed by atoms with van der Waals surface area (Å²) in [5.41, 5.74) is 0.408. The van der Waals surface area contributed by atoms with Crippen LogP contribution in [0.2, 0.25) is 0 Å². The number of sulfonamides is 1. The number of nitrogens with one attached hydrogen (secondary N) is 1. The van der Waals surface area contributed by atoms with Gasteiger partial charge in [0.2, 0.25) is 21.9 Å². The maximum atomic E-state index is 13.2. The zero-order chi connectivity index (χ0) is 20.1. The predicted molar refractivity (Wildman–Crippen MR) is 105 cm³/mol. The minimum Gasteiger partial charge on any atom is -0.492 e. The quantitative estimate of drug-likeness (QED) is 0.773. The first kappa shape index (κ1) is 20.0. The summed E-state index contributed by atoms with van der Waals surface area (Å²) in [6.07, 6.45) is 3.32. The lowest BCUT2D eigenvalue weighted by Gasteiger charge is -2.34. The number of amides is 1. The lowest BCUT2D eigenvalue weighted by atomic mass is 10.3. The van der Waals surface area contributed by atoms with E-state index in [-0.39, 0.29) is 16.6 Å². The molecule has 0 spiro atoms. The van der Waals surface area contributed by atoms with Gasteiger partial charge in [-0.15, -0.1) is 0 Å². The molecule has 0 atom stereocenters. The summed E-state index contributed by atoms with van der Waals surface area (Å²) >= 11 is 0. The molecular formula is C18H23N5O4S. The van der Waals surface area contributed by atoms with Crippen LogP contribution in [0.5, 0.6) is 5.75 Å². The van der Waals surface area contributed by atoms with Crippen molar-refractivity contribution >= 4 is 27.6 Å². The fourth-order valence-electron chi connectivity index (χ4n) is 2.99. The maximum absolute atomic E-state index is 13.2. The van der Waals surface area contributed by atoms with Gasteiger partial charge in [-0.25, -0.2) is 18.4 Å². The second-order valence-corrected chi connectivity index (χ2v) is 8.12. The van der Waals surface area contributed by atoms with Crippen LogP contribution in [-0.4, -0.2) is 61.4 Å². The van der Waals surface area contributed by atoms with Gasteiger partial charge in [-0.1, -0.05) is 0 Å². The minimum absolute atomic E-state index is 0.0463. The van der Waals surface area contributed by atoms with Gasteiger partial charge in [0.15, 0.2) is 0 Å². The van der Waals surface area contributed by atoms with Gasteiger partial charge in [0.05, 0.1) is 6.61 Å². The molecule has 1 aromatic heterocycles. The topological polar surface area (TPSA) is 105 Å². The number of carbonyl (C=O) groups excluding carboxylic acids is 1. The largest absolute Gasteiger partial charge is 0.492 e. The van der Waals surface area contributed by atoms with Crippen LogP contribution in [0.15, 0.2) is 41.6 Å². The molecule has 10 heteroatoms. The molecule has 3 rings (SSSR count). The van der Waals surface area contributed by atoms with Gasteiger partial charge in [-0.3, -0.25) is 4.79 Å². The van der Waals surface area contributed by atoms with Crippen LogP contribution in [0.25, 0.3) is 0 Å². The van der Waals surface area contributed by atoms with E-state index in [4.69, 9.17) is 4.74 Å². The molecule has 1 fully saturated rings. The van der Waals surface area contributed by atoms with E-state index in [9.17, 15) is 13.2 Å². The van der Waals surface area contributed by atoms with Crippen molar-refractivity contribution in [2.24, 2.45) is 0 Å². The third kappa shape index (κ3) is 4.39. The van der Waals surface area contributed by atoms with E-state index in [1.54, 1.807) is 37.5 Å². The van der Waals surface area contributed by atoms with E-state index < -0.39 is 10.0 Å². The fourth-order valence-corrected chi connectivity index (χ4v) is 4.57. The normalized spacial score (nSPS) is 15.3. The van der Waals surface area contributed by atoms with Gasteiger partial charge in [0.1, 0.15) is 10.6 Å². The third-order valence-corrected chi connectivity index (χ3v) is 6.18. The summed E-state index contributed by atoms with van der Waals surface area (Å²) in [6, 6.07) is 6.36. The van der Waals surface area contributed by atoms with E-state index in [1.165, 1.54) is 17.3 Å². The number of hydrogen-bond donors (Lipinski definition) is 1. The Balaban J connectivity index is 1.83. The highest BCUT2D eigenvalue weighted by Crippen LogP contribution is 2.30. The highest BCUT2D eigenvalue weighted by molar-refractivity contribution is 7.89. The Hall–Kier alpha value is -2.72. The molecule has 2 heterocycles. The summed E-state index contributed by atoms with van der Waals surface area (Å²) in [6.45, 7) is 5.07. The van der Waals surface area contributed by atoms with Gasteiger partial charge in [0.25, 0.3) is 0 Å². The number of aromatic nitrogens is 2. The third-order valence-electron chi connectivity index (χ3n) is 4.26. The highest BCUT2D eigenvalue weighted by atomic mass is 32.2. The van der Waals surface area contributed by atoms with Gasteiger partial charge in [-0.2, -0.15) is 4.31 Å². The first-order valence-electron chi connectivity index (χ1n) is 8.98. The van der Waals surface area contributed by atoms with Crippen LogP contribution in [-0.2, 0) is 14.8 Å². The number of ether oxygens (including phenoxy) is 1. The van der Waals surface area contributed by atoms with Crippen molar-refractivity contribution in [2.45, 2.75) is 18.7 Å². The molecule has 1 saturated heterocycles. The lowest BCUT2D eigenvalue weighted by Crippen LogP contribution is -2.49. The monoisotopic (exact) mass is 405 g/mol. The van der Waals surface area contributed by atoms with E-state index in [0.717, 1.165) is 0 Å². The van der Waals surface area contributed by atoms with Crippen molar-refractivity contribution in [3.63, 3.8) is 0 Å². The second-order valence-electron chi connectivity index (χ2n) is 6.22. The molecule has 28 heavy (non-hydrogen) atoms. The first-order chi connectivity index (χ1) is 13.4. The first-order valence-corrected chi connectivity index (χ1v) is 10.4. The predicted octanol–water partition coefficient (Wildman–Crippen LogP) is 1.34. The average molecular weight is 405 g/mol. The molecule has 1 aromatic carbocycles. The van der Waals surface area contributed by atoms with Crippen LogP contribution < -0.4 is 15.0 Å². The number of rotatable bonds is 6. The summed E-state index contributed by atoms with van der Waals surface area (Å²) in [5, 5.41) is 2.62.